The van der Waals surface area contributed by atoms with Gasteiger partial charge in [0.15, 0.2) is 0 Å². The van der Waals surface area contributed by atoms with Gasteiger partial charge in [-0.2, -0.15) is 0 Å². The number of aromatic nitrogens is 1. The number of hydrogen-bond acceptors (Lipinski definition) is 5. The third kappa shape index (κ3) is 3.30. The van der Waals surface area contributed by atoms with Crippen LogP contribution in [0, 0.1) is 10.1 Å². The molecule has 1 aromatic heterocycles. The molecule has 146 valence electrons. The van der Waals surface area contributed by atoms with E-state index in [1.807, 2.05) is 29.2 Å². The zero-order valence-electron chi connectivity index (χ0n) is 15.4. The van der Waals surface area contributed by atoms with Crippen LogP contribution in [-0.2, 0) is 10.2 Å². The van der Waals surface area contributed by atoms with Crippen molar-refractivity contribution in [1.82, 2.24) is 9.88 Å². The molecule has 0 spiro atoms. The van der Waals surface area contributed by atoms with E-state index in [0.717, 1.165) is 24.8 Å². The van der Waals surface area contributed by atoms with E-state index in [9.17, 15) is 14.9 Å². The first kappa shape index (κ1) is 18.7. The molecule has 7 nitrogen and oxygen atoms in total. The Morgan fingerprint density at radius 3 is 2.25 bits per heavy atom. The maximum atomic E-state index is 13.3. The fourth-order valence-corrected chi connectivity index (χ4v) is 4.17. The Morgan fingerprint density at radius 2 is 1.75 bits per heavy atom. The first-order chi connectivity index (χ1) is 13.5. The summed E-state index contributed by atoms with van der Waals surface area (Å²) in [6.07, 6.45) is 4.08. The molecule has 28 heavy (non-hydrogen) atoms. The van der Waals surface area contributed by atoms with Crippen LogP contribution in [0.15, 0.2) is 42.6 Å². The van der Waals surface area contributed by atoms with E-state index in [2.05, 4.69) is 9.88 Å². The second kappa shape index (κ2) is 7.39. The van der Waals surface area contributed by atoms with Crippen molar-refractivity contribution in [1.29, 1.82) is 0 Å². The number of nitrogens with zero attached hydrogens (tertiary/aromatic N) is 4. The Hall–Kier alpha value is -2.67. The summed E-state index contributed by atoms with van der Waals surface area (Å²) in [5.41, 5.74) is 0.610. The maximum Gasteiger partial charge on any atom is 0.287 e. The maximum absolute atomic E-state index is 13.3. The van der Waals surface area contributed by atoms with Crippen LogP contribution >= 0.6 is 11.6 Å². The zero-order valence-corrected chi connectivity index (χ0v) is 16.1. The SMILES string of the molecule is O=C(N1CCN(c2ccc([N+](=O)[O-])cn2)CC1)C1(c2ccc(Cl)cc2)CCC1. The van der Waals surface area contributed by atoms with E-state index in [0.29, 0.717) is 37.0 Å². The van der Waals surface area contributed by atoms with E-state index in [4.69, 9.17) is 11.6 Å². The highest BCUT2D eigenvalue weighted by Gasteiger charge is 2.47. The summed E-state index contributed by atoms with van der Waals surface area (Å²) in [5, 5.41) is 11.4. The van der Waals surface area contributed by atoms with E-state index in [1.54, 1.807) is 6.07 Å². The molecule has 0 atom stereocenters. The van der Waals surface area contributed by atoms with Gasteiger partial charge >= 0.3 is 0 Å². The molecule has 0 radical (unpaired) electrons. The quantitative estimate of drug-likeness (QED) is 0.580. The van der Waals surface area contributed by atoms with Gasteiger partial charge in [0.25, 0.3) is 5.69 Å². The largest absolute Gasteiger partial charge is 0.353 e. The second-order valence-corrected chi connectivity index (χ2v) is 7.79. The van der Waals surface area contributed by atoms with Crippen LogP contribution < -0.4 is 4.90 Å². The van der Waals surface area contributed by atoms with Gasteiger partial charge in [0.2, 0.25) is 5.91 Å². The first-order valence-corrected chi connectivity index (χ1v) is 9.78. The normalized spacial score (nSPS) is 18.5. The lowest BCUT2D eigenvalue weighted by Gasteiger charge is -2.46. The average molecular weight is 401 g/mol. The van der Waals surface area contributed by atoms with Crippen molar-refractivity contribution in [2.45, 2.75) is 24.7 Å². The summed E-state index contributed by atoms with van der Waals surface area (Å²) in [5.74, 6) is 0.895. The number of amides is 1. The Morgan fingerprint density at radius 1 is 1.07 bits per heavy atom. The third-order valence-corrected chi connectivity index (χ3v) is 6.10. The van der Waals surface area contributed by atoms with Gasteiger partial charge in [-0.15, -0.1) is 0 Å². The topological polar surface area (TPSA) is 79.6 Å². The Bertz CT molecular complexity index is 873. The van der Waals surface area contributed by atoms with Crippen molar-refractivity contribution < 1.29 is 9.72 Å². The Balaban J connectivity index is 1.43. The fraction of sp³-hybridized carbons (Fsp3) is 0.400. The molecule has 2 heterocycles. The van der Waals surface area contributed by atoms with Gasteiger partial charge in [-0.1, -0.05) is 30.2 Å². The third-order valence-electron chi connectivity index (χ3n) is 5.85. The molecule has 1 saturated heterocycles. The van der Waals surface area contributed by atoms with Gasteiger partial charge in [0.05, 0.1) is 10.3 Å². The lowest BCUT2D eigenvalue weighted by molar-refractivity contribution is -0.385. The van der Waals surface area contributed by atoms with Crippen molar-refractivity contribution in [2.75, 3.05) is 31.1 Å². The highest BCUT2D eigenvalue weighted by atomic mass is 35.5. The molecular formula is C20H21ClN4O3. The number of halogens is 1. The average Bonchev–Trinajstić information content (AvgIpc) is 2.69. The summed E-state index contributed by atoms with van der Waals surface area (Å²) >= 11 is 6.01. The van der Waals surface area contributed by atoms with Crippen LogP contribution in [0.4, 0.5) is 11.5 Å². The number of hydrogen-bond donors (Lipinski definition) is 0. The number of nitro groups is 1. The lowest BCUT2D eigenvalue weighted by Crippen LogP contribution is -2.56. The predicted molar refractivity (Wildman–Crippen MR) is 107 cm³/mol. The van der Waals surface area contributed by atoms with Gasteiger partial charge < -0.3 is 9.80 Å². The molecule has 1 amide bonds. The zero-order chi connectivity index (χ0) is 19.7. The Kier molecular flexibility index (Phi) is 4.93. The molecule has 0 unspecified atom stereocenters. The molecule has 1 aromatic carbocycles. The minimum absolute atomic E-state index is 0.0209. The van der Waals surface area contributed by atoms with Crippen molar-refractivity contribution in [2.24, 2.45) is 0 Å². The summed E-state index contributed by atoms with van der Waals surface area (Å²) < 4.78 is 0. The highest BCUT2D eigenvalue weighted by molar-refractivity contribution is 6.30. The smallest absolute Gasteiger partial charge is 0.287 e. The Labute approximate surface area is 168 Å². The minimum atomic E-state index is -0.456. The van der Waals surface area contributed by atoms with Crippen LogP contribution in [0.3, 0.4) is 0 Å². The first-order valence-electron chi connectivity index (χ1n) is 9.40. The number of benzene rings is 1. The van der Waals surface area contributed by atoms with E-state index < -0.39 is 10.3 Å². The van der Waals surface area contributed by atoms with Crippen molar-refractivity contribution >= 4 is 29.0 Å². The monoisotopic (exact) mass is 400 g/mol. The summed E-state index contributed by atoms with van der Waals surface area (Å²) in [7, 11) is 0. The molecule has 2 aliphatic rings. The number of anilines is 1. The molecule has 1 aliphatic carbocycles. The van der Waals surface area contributed by atoms with Gasteiger partial charge in [0, 0.05) is 37.3 Å². The second-order valence-electron chi connectivity index (χ2n) is 7.35. The van der Waals surface area contributed by atoms with Gasteiger partial charge in [-0.25, -0.2) is 4.98 Å². The standard InChI is InChI=1S/C20H21ClN4O3/c21-16-4-2-15(3-5-16)20(8-1-9-20)19(26)24-12-10-23(11-13-24)18-7-6-17(14-22-18)25(27)28/h2-7,14H,1,8-13H2. The number of pyridine rings is 1. The molecule has 0 bridgehead atoms. The van der Waals surface area contributed by atoms with Crippen molar-refractivity contribution in [3.63, 3.8) is 0 Å². The van der Waals surface area contributed by atoms with Gasteiger partial charge in [0.1, 0.15) is 12.0 Å². The summed E-state index contributed by atoms with van der Waals surface area (Å²) in [6.45, 7) is 2.56. The van der Waals surface area contributed by atoms with Crippen LogP contribution in [-0.4, -0.2) is 46.9 Å². The minimum Gasteiger partial charge on any atom is -0.353 e. The molecule has 1 saturated carbocycles. The summed E-state index contributed by atoms with van der Waals surface area (Å²) in [6, 6.07) is 10.8. The van der Waals surface area contributed by atoms with Crippen LogP contribution in [0.5, 0.6) is 0 Å². The number of carbonyl (C=O) groups is 1. The fourth-order valence-electron chi connectivity index (χ4n) is 4.04. The van der Waals surface area contributed by atoms with Crippen molar-refractivity contribution in [3.05, 3.63) is 63.3 Å². The summed E-state index contributed by atoms with van der Waals surface area (Å²) in [4.78, 5) is 31.8. The van der Waals surface area contributed by atoms with Crippen molar-refractivity contribution in [3.8, 4) is 0 Å². The van der Waals surface area contributed by atoms with Crippen LogP contribution in [0.2, 0.25) is 5.02 Å². The molecule has 1 aliphatic heterocycles. The molecule has 2 fully saturated rings. The number of carbonyl (C=O) groups excluding carboxylic acids is 1. The van der Waals surface area contributed by atoms with Crippen LogP contribution in [0.25, 0.3) is 0 Å². The molecule has 0 N–H and O–H groups in total. The lowest BCUT2D eigenvalue weighted by atomic mass is 9.63. The van der Waals surface area contributed by atoms with Gasteiger partial charge in [-0.05, 0) is 36.6 Å². The van der Waals surface area contributed by atoms with E-state index >= 15 is 0 Å². The molecule has 4 rings (SSSR count). The van der Waals surface area contributed by atoms with Gasteiger partial charge in [-0.3, -0.25) is 14.9 Å². The number of piperazine rings is 1. The van der Waals surface area contributed by atoms with E-state index in [-0.39, 0.29) is 11.6 Å². The van der Waals surface area contributed by atoms with E-state index in [1.165, 1.54) is 12.3 Å². The highest BCUT2D eigenvalue weighted by Crippen LogP contribution is 2.45. The molecule has 2 aromatic rings. The predicted octanol–water partition coefficient (Wildman–Crippen LogP) is 3.41. The molecule has 8 heteroatoms. The number of rotatable bonds is 4. The molecular weight excluding hydrogens is 380 g/mol. The van der Waals surface area contributed by atoms with Crippen LogP contribution in [0.1, 0.15) is 24.8 Å².